The Labute approximate surface area is 123 Å². The molecule has 0 heterocycles. The molecule has 0 aliphatic carbocycles. The molecule has 18 heavy (non-hydrogen) atoms. The second kappa shape index (κ2) is 16.8. The zero-order chi connectivity index (χ0) is 15.3. The van der Waals surface area contributed by atoms with Crippen molar-refractivity contribution in [3.8, 4) is 0 Å². The molecule has 0 rings (SSSR count). The Morgan fingerprint density at radius 3 is 0.889 bits per heavy atom. The Morgan fingerprint density at radius 1 is 0.889 bits per heavy atom. The number of carboxylic acid groups (broad SMARTS) is 2. The SMILES string of the molecule is O=C(O)O.O=C=O.O[Si](O)(O)O.[Na+].[O-][Si](O)(O)O. The van der Waals surface area contributed by atoms with E-state index in [-0.39, 0.29) is 35.7 Å². The van der Waals surface area contributed by atoms with Crippen molar-refractivity contribution in [1.29, 1.82) is 0 Å². The summed E-state index contributed by atoms with van der Waals surface area (Å²) in [4.78, 5) is 84.7. The Hall–Kier alpha value is -0.236. The second-order valence-corrected chi connectivity index (χ2v) is 3.89. The third-order valence-electron chi connectivity index (χ3n) is 0. The zero-order valence-corrected chi connectivity index (χ0v) is 12.7. The Kier molecular flexibility index (Phi) is 28.5. The van der Waals surface area contributed by atoms with Crippen LogP contribution in [0.1, 0.15) is 0 Å². The summed E-state index contributed by atoms with van der Waals surface area (Å²) in [7, 11) is -9.47. The standard InChI is InChI=1S/CH2O3.CO2.Na.H4O4Si.H3O4Si/c2-1(3)4;2-1-3;;2*1-5(2,3)4/h(H2,2,3,4);;;1-4H;1-3H/q;;+1;;-1. The van der Waals surface area contributed by atoms with Gasteiger partial charge in [0.25, 0.3) is 0 Å². The molecule has 0 atom stereocenters. The van der Waals surface area contributed by atoms with Crippen molar-refractivity contribution in [2.24, 2.45) is 0 Å². The summed E-state index contributed by atoms with van der Waals surface area (Å²) in [5, 5.41) is 13.9. The molecule has 0 aliphatic rings. The van der Waals surface area contributed by atoms with E-state index >= 15 is 0 Å². The predicted molar refractivity (Wildman–Crippen MR) is 42.7 cm³/mol. The fourth-order valence-corrected chi connectivity index (χ4v) is 0. The monoisotopic (exact) mass is 320 g/mol. The van der Waals surface area contributed by atoms with Crippen LogP contribution < -0.4 is 34.4 Å². The molecule has 104 valence electrons. The van der Waals surface area contributed by atoms with Gasteiger partial charge in [-0.3, -0.25) is 0 Å². The van der Waals surface area contributed by atoms with E-state index < -0.39 is 24.3 Å². The first-order chi connectivity index (χ1) is 7.15. The van der Waals surface area contributed by atoms with Crippen molar-refractivity contribution in [3.63, 3.8) is 0 Å². The first-order valence-corrected chi connectivity index (χ1v) is 6.37. The van der Waals surface area contributed by atoms with Gasteiger partial charge in [0.1, 0.15) is 0 Å². The van der Waals surface area contributed by atoms with E-state index in [1.54, 1.807) is 0 Å². The quantitative estimate of drug-likeness (QED) is 0.188. The van der Waals surface area contributed by atoms with E-state index in [0.29, 0.717) is 0 Å². The van der Waals surface area contributed by atoms with Crippen molar-refractivity contribution in [2.75, 3.05) is 0 Å². The number of hydrogen-bond donors (Lipinski definition) is 9. The van der Waals surface area contributed by atoms with Crippen LogP contribution in [0.5, 0.6) is 0 Å². The molecule has 0 unspecified atom stereocenters. The van der Waals surface area contributed by atoms with Crippen LogP contribution in [0.2, 0.25) is 0 Å². The Balaban J connectivity index is -0.0000000417. The second-order valence-electron chi connectivity index (χ2n) is 1.54. The van der Waals surface area contributed by atoms with Gasteiger partial charge in [0.15, 0.2) is 0 Å². The van der Waals surface area contributed by atoms with Crippen molar-refractivity contribution >= 4 is 30.4 Å². The van der Waals surface area contributed by atoms with Gasteiger partial charge in [-0.25, -0.2) is 4.79 Å². The third kappa shape index (κ3) is 61600. The molecule has 0 aromatic carbocycles. The molecule has 9 N–H and O–H groups in total. The van der Waals surface area contributed by atoms with E-state index in [0.717, 1.165) is 0 Å². The molecule has 0 aliphatic heterocycles. The van der Waals surface area contributed by atoms with Gasteiger partial charge in [-0.2, -0.15) is 9.59 Å². The fourth-order valence-electron chi connectivity index (χ4n) is 0. The molecule has 16 heteroatoms. The predicted octanol–water partition coefficient (Wildman–Crippen LogP) is -9.21. The maximum atomic E-state index is 8.91. The van der Waals surface area contributed by atoms with Gasteiger partial charge in [0.2, 0.25) is 0 Å². The number of carbonyl (C=O) groups is 1. The van der Waals surface area contributed by atoms with E-state index in [1.807, 2.05) is 0 Å². The Bertz CT molecular complexity index is 182. The zero-order valence-electron chi connectivity index (χ0n) is 8.66. The van der Waals surface area contributed by atoms with Crippen LogP contribution in [0.4, 0.5) is 4.79 Å². The van der Waals surface area contributed by atoms with E-state index in [9.17, 15) is 0 Å². The maximum absolute atomic E-state index is 8.91. The summed E-state index contributed by atoms with van der Waals surface area (Å²) in [6.45, 7) is 0. The minimum atomic E-state index is -4.86. The van der Waals surface area contributed by atoms with Crippen molar-refractivity contribution in [3.05, 3.63) is 0 Å². The first-order valence-electron chi connectivity index (χ1n) is 2.83. The summed E-state index contributed by atoms with van der Waals surface area (Å²) >= 11 is 0. The molecule has 0 aromatic heterocycles. The number of hydrogen-bond acceptors (Lipinski definition) is 11. The molecule has 0 bridgehead atoms. The van der Waals surface area contributed by atoms with Crippen LogP contribution in [0, 0.1) is 0 Å². The molecular formula is C2H9NaO13Si2. The molecule has 0 amide bonds. The van der Waals surface area contributed by atoms with Crippen LogP contribution >= 0.6 is 0 Å². The fraction of sp³-hybridized carbons (Fsp3) is 0. The summed E-state index contributed by atoms with van der Waals surface area (Å²) in [5.41, 5.74) is 0. The van der Waals surface area contributed by atoms with Gasteiger partial charge in [-0.15, -0.1) is 0 Å². The minimum Gasteiger partial charge on any atom is -0.794 e. The molecule has 0 saturated heterocycles. The first kappa shape index (κ1) is 30.6. The van der Waals surface area contributed by atoms with E-state index in [4.69, 9.17) is 63.0 Å². The summed E-state index contributed by atoms with van der Waals surface area (Å²) in [5.74, 6) is 0. The van der Waals surface area contributed by atoms with Crippen LogP contribution in [-0.4, -0.2) is 74.2 Å². The van der Waals surface area contributed by atoms with Crippen LogP contribution in [-0.2, 0) is 9.59 Å². The summed E-state index contributed by atoms with van der Waals surface area (Å²) < 4.78 is 0. The van der Waals surface area contributed by atoms with E-state index in [1.165, 1.54) is 0 Å². The largest absolute Gasteiger partial charge is 1.00 e. The molecule has 13 nitrogen and oxygen atoms in total. The molecular weight excluding hydrogens is 311 g/mol. The van der Waals surface area contributed by atoms with Crippen molar-refractivity contribution < 1.29 is 92.5 Å². The van der Waals surface area contributed by atoms with E-state index in [2.05, 4.69) is 0 Å². The Morgan fingerprint density at radius 2 is 0.889 bits per heavy atom. The average molecular weight is 320 g/mol. The van der Waals surface area contributed by atoms with Gasteiger partial charge >= 0.3 is 60.0 Å². The van der Waals surface area contributed by atoms with Gasteiger partial charge in [0, 0.05) is 0 Å². The minimum absolute atomic E-state index is 0. The van der Waals surface area contributed by atoms with Crippen molar-refractivity contribution in [1.82, 2.24) is 0 Å². The normalized spacial score (nSPS) is 8.44. The summed E-state index contributed by atoms with van der Waals surface area (Å²) in [6.07, 6.45) is -1.58. The van der Waals surface area contributed by atoms with Gasteiger partial charge in [-0.05, 0) is 0 Å². The summed E-state index contributed by atoms with van der Waals surface area (Å²) in [6, 6.07) is 0. The van der Waals surface area contributed by atoms with Crippen LogP contribution in [0.15, 0.2) is 0 Å². The molecule has 0 saturated carbocycles. The molecule has 0 aromatic rings. The molecule has 0 radical (unpaired) electrons. The number of rotatable bonds is 0. The van der Waals surface area contributed by atoms with Crippen molar-refractivity contribution in [2.45, 2.75) is 0 Å². The average Bonchev–Trinajstić information content (AvgIpc) is 1.74. The third-order valence-corrected chi connectivity index (χ3v) is 0. The van der Waals surface area contributed by atoms with Gasteiger partial charge in [-0.1, -0.05) is 0 Å². The number of carbonyl (C=O) groups excluding carboxylic acids is 2. The van der Waals surface area contributed by atoms with Crippen LogP contribution in [0.25, 0.3) is 0 Å². The maximum Gasteiger partial charge on any atom is 1.00 e. The topological polar surface area (TPSA) is 256 Å². The molecule has 0 fully saturated rings. The van der Waals surface area contributed by atoms with Gasteiger partial charge < -0.3 is 48.6 Å². The van der Waals surface area contributed by atoms with Gasteiger partial charge in [0.05, 0.1) is 0 Å². The smallest absolute Gasteiger partial charge is 0.794 e. The van der Waals surface area contributed by atoms with Crippen LogP contribution in [0.3, 0.4) is 0 Å². The molecule has 0 spiro atoms.